The number of ether oxygens (including phenoxy) is 1. The third kappa shape index (κ3) is 3.89. The predicted molar refractivity (Wildman–Crippen MR) is 96.1 cm³/mol. The second-order valence-electron chi connectivity index (χ2n) is 8.02. The van der Waals surface area contributed by atoms with Gasteiger partial charge in [-0.1, -0.05) is 6.08 Å². The van der Waals surface area contributed by atoms with Crippen LogP contribution in [0.4, 0.5) is 13.6 Å². The van der Waals surface area contributed by atoms with E-state index in [1.54, 1.807) is 4.90 Å². The van der Waals surface area contributed by atoms with Gasteiger partial charge in [-0.15, -0.1) is 0 Å². The summed E-state index contributed by atoms with van der Waals surface area (Å²) in [5, 5.41) is 0. The van der Waals surface area contributed by atoms with Crippen LogP contribution in [0.5, 0.6) is 0 Å². The fourth-order valence-corrected chi connectivity index (χ4v) is 3.92. The Balaban J connectivity index is 1.66. The lowest BCUT2D eigenvalue weighted by atomic mass is 9.69. The topological polar surface area (TPSA) is 29.5 Å². The van der Waals surface area contributed by atoms with Gasteiger partial charge in [0, 0.05) is 24.1 Å². The first-order valence-electron chi connectivity index (χ1n) is 8.40. The van der Waals surface area contributed by atoms with Gasteiger partial charge in [0.15, 0.2) is 0 Å². The molecule has 1 spiro atoms. The number of carbonyl (C=O) groups is 1. The van der Waals surface area contributed by atoms with Crippen LogP contribution in [0.2, 0.25) is 0 Å². The Bertz CT molecular complexity index is 734. The standard InChI is InChI=1S/C19H22BrF2NO2/c1-18(2,3)25-17(24)23-10-19(11-23)6-4-12(5-7-19)14-8-13(21)9-15(20)16(14)22/h4,8-9H,5-7,10-11H2,1-3H3. The van der Waals surface area contributed by atoms with Gasteiger partial charge in [0.2, 0.25) is 0 Å². The fraction of sp³-hybridized carbons (Fsp3) is 0.526. The zero-order valence-corrected chi connectivity index (χ0v) is 16.3. The molecule has 0 saturated carbocycles. The monoisotopic (exact) mass is 413 g/mol. The lowest BCUT2D eigenvalue weighted by molar-refractivity contribution is -0.0371. The van der Waals surface area contributed by atoms with E-state index in [-0.39, 0.29) is 16.0 Å². The minimum atomic E-state index is -0.498. The van der Waals surface area contributed by atoms with Crippen molar-refractivity contribution in [1.82, 2.24) is 4.90 Å². The number of carbonyl (C=O) groups excluding carboxylic acids is 1. The van der Waals surface area contributed by atoms with Crippen molar-refractivity contribution in [2.45, 2.75) is 45.6 Å². The number of hydrogen-bond acceptors (Lipinski definition) is 2. The van der Waals surface area contributed by atoms with E-state index in [9.17, 15) is 13.6 Å². The Labute approximate surface area is 155 Å². The average Bonchev–Trinajstić information content (AvgIpc) is 2.47. The van der Waals surface area contributed by atoms with Crippen LogP contribution in [0.25, 0.3) is 5.57 Å². The molecule has 0 N–H and O–H groups in total. The van der Waals surface area contributed by atoms with Crippen molar-refractivity contribution in [3.63, 3.8) is 0 Å². The molecule has 3 rings (SSSR count). The van der Waals surface area contributed by atoms with E-state index in [0.717, 1.165) is 24.5 Å². The van der Waals surface area contributed by atoms with E-state index in [1.165, 1.54) is 6.07 Å². The summed E-state index contributed by atoms with van der Waals surface area (Å²) in [5.41, 5.74) is 0.701. The van der Waals surface area contributed by atoms with Gasteiger partial charge in [0.25, 0.3) is 0 Å². The molecule has 1 saturated heterocycles. The number of nitrogens with zero attached hydrogens (tertiary/aromatic N) is 1. The van der Waals surface area contributed by atoms with E-state index in [0.29, 0.717) is 25.1 Å². The highest BCUT2D eigenvalue weighted by atomic mass is 79.9. The zero-order chi connectivity index (χ0) is 18.4. The highest BCUT2D eigenvalue weighted by Crippen LogP contribution is 2.46. The fourth-order valence-electron chi connectivity index (χ4n) is 3.48. The smallest absolute Gasteiger partial charge is 0.410 e. The summed E-state index contributed by atoms with van der Waals surface area (Å²) < 4.78 is 33.4. The van der Waals surface area contributed by atoms with Crippen LogP contribution in [0, 0.1) is 17.0 Å². The highest BCUT2D eigenvalue weighted by molar-refractivity contribution is 9.10. The number of halogens is 3. The predicted octanol–water partition coefficient (Wildman–Crippen LogP) is 5.53. The van der Waals surface area contributed by atoms with Crippen molar-refractivity contribution in [2.75, 3.05) is 13.1 Å². The summed E-state index contributed by atoms with van der Waals surface area (Å²) in [4.78, 5) is 13.8. The van der Waals surface area contributed by atoms with Crippen molar-refractivity contribution >= 4 is 27.6 Å². The molecule has 6 heteroatoms. The Kier molecular flexibility index (Phi) is 4.69. The second kappa shape index (κ2) is 6.38. The van der Waals surface area contributed by atoms with E-state index in [2.05, 4.69) is 15.9 Å². The minimum absolute atomic E-state index is 0.0431. The minimum Gasteiger partial charge on any atom is -0.444 e. The van der Waals surface area contributed by atoms with Crippen molar-refractivity contribution in [3.05, 3.63) is 39.9 Å². The molecule has 2 aliphatic rings. The molecule has 1 aliphatic heterocycles. The van der Waals surface area contributed by atoms with Gasteiger partial charge in [0.05, 0.1) is 4.47 Å². The van der Waals surface area contributed by atoms with Crippen molar-refractivity contribution in [2.24, 2.45) is 5.41 Å². The maximum absolute atomic E-state index is 14.3. The number of rotatable bonds is 1. The molecule has 0 aromatic heterocycles. The van der Waals surface area contributed by atoms with Gasteiger partial charge in [-0.25, -0.2) is 13.6 Å². The molecule has 0 bridgehead atoms. The largest absolute Gasteiger partial charge is 0.444 e. The van der Waals surface area contributed by atoms with Gasteiger partial charge >= 0.3 is 6.09 Å². The third-order valence-electron chi connectivity index (χ3n) is 4.75. The van der Waals surface area contributed by atoms with E-state index in [4.69, 9.17) is 4.74 Å². The third-order valence-corrected chi connectivity index (χ3v) is 5.33. The van der Waals surface area contributed by atoms with Crippen molar-refractivity contribution in [1.29, 1.82) is 0 Å². The van der Waals surface area contributed by atoms with E-state index in [1.807, 2.05) is 26.8 Å². The molecular weight excluding hydrogens is 392 g/mol. The summed E-state index contributed by atoms with van der Waals surface area (Å²) in [6.45, 7) is 6.85. The maximum atomic E-state index is 14.3. The first kappa shape index (κ1) is 18.4. The van der Waals surface area contributed by atoms with Crippen LogP contribution in [0.3, 0.4) is 0 Å². The molecule has 1 aliphatic carbocycles. The molecular formula is C19H22BrF2NO2. The van der Waals surface area contributed by atoms with Gasteiger partial charge in [-0.3, -0.25) is 0 Å². The number of amides is 1. The van der Waals surface area contributed by atoms with E-state index < -0.39 is 17.2 Å². The average molecular weight is 414 g/mol. The summed E-state index contributed by atoms with van der Waals surface area (Å²) in [5.74, 6) is -0.878. The molecule has 0 radical (unpaired) electrons. The first-order valence-corrected chi connectivity index (χ1v) is 9.20. The van der Waals surface area contributed by atoms with Crippen molar-refractivity contribution < 1.29 is 18.3 Å². The molecule has 1 fully saturated rings. The number of likely N-dealkylation sites (tertiary alicyclic amines) is 1. The quantitative estimate of drug-likeness (QED) is 0.566. The van der Waals surface area contributed by atoms with Gasteiger partial charge in [-0.05, 0) is 73.7 Å². The normalized spacial score (nSPS) is 19.4. The van der Waals surface area contributed by atoms with E-state index >= 15 is 0 Å². The zero-order valence-electron chi connectivity index (χ0n) is 14.7. The summed E-state index contributed by atoms with van der Waals surface area (Å²) in [6, 6.07) is 2.38. The molecule has 1 aromatic rings. The molecule has 1 heterocycles. The molecule has 1 aromatic carbocycles. The van der Waals surface area contributed by atoms with Gasteiger partial charge in [0.1, 0.15) is 17.2 Å². The number of hydrogen-bond donors (Lipinski definition) is 0. The van der Waals surface area contributed by atoms with Crippen LogP contribution in [0.1, 0.15) is 45.6 Å². The Morgan fingerprint density at radius 2 is 1.96 bits per heavy atom. The van der Waals surface area contributed by atoms with Crippen LogP contribution in [0.15, 0.2) is 22.7 Å². The first-order chi connectivity index (χ1) is 11.6. The van der Waals surface area contributed by atoms with Gasteiger partial charge in [-0.2, -0.15) is 0 Å². The molecule has 25 heavy (non-hydrogen) atoms. The second-order valence-corrected chi connectivity index (χ2v) is 8.87. The molecule has 0 atom stereocenters. The van der Waals surface area contributed by atoms with Crippen molar-refractivity contribution in [3.8, 4) is 0 Å². The summed E-state index contributed by atoms with van der Waals surface area (Å²) in [7, 11) is 0. The lowest BCUT2D eigenvalue weighted by Crippen LogP contribution is -2.59. The number of benzene rings is 1. The molecule has 1 amide bonds. The van der Waals surface area contributed by atoms with Crippen LogP contribution < -0.4 is 0 Å². The number of allylic oxidation sites excluding steroid dienone is 2. The van der Waals surface area contributed by atoms with Crippen LogP contribution in [-0.2, 0) is 4.74 Å². The summed E-state index contributed by atoms with van der Waals surface area (Å²) in [6.07, 6.45) is 3.99. The molecule has 3 nitrogen and oxygen atoms in total. The SMILES string of the molecule is CC(C)(C)OC(=O)N1CC2(CC=C(c3cc(F)cc(Br)c3F)CC2)C1. The molecule has 136 valence electrons. The Morgan fingerprint density at radius 1 is 1.28 bits per heavy atom. The molecule has 0 unspecified atom stereocenters. The summed E-state index contributed by atoms with van der Waals surface area (Å²) >= 11 is 3.06. The maximum Gasteiger partial charge on any atom is 0.410 e. The lowest BCUT2D eigenvalue weighted by Gasteiger charge is -2.51. The Hall–Kier alpha value is -1.43. The van der Waals surface area contributed by atoms with Gasteiger partial charge < -0.3 is 9.64 Å². The highest BCUT2D eigenvalue weighted by Gasteiger charge is 2.46. The van der Waals surface area contributed by atoms with Crippen LogP contribution in [-0.4, -0.2) is 29.7 Å². The Morgan fingerprint density at radius 3 is 2.52 bits per heavy atom. The van der Waals surface area contributed by atoms with Crippen LogP contribution >= 0.6 is 15.9 Å².